The Morgan fingerprint density at radius 2 is 1.72 bits per heavy atom. The maximum Gasteiger partial charge on any atom is 0.303 e. The molecule has 0 saturated heterocycles. The number of amides is 1. The summed E-state index contributed by atoms with van der Waals surface area (Å²) in [6.07, 6.45) is 7.70. The Bertz CT molecular complexity index is 1350. The first kappa shape index (κ1) is 24.1. The van der Waals surface area contributed by atoms with Crippen LogP contribution < -0.4 is 5.32 Å². The van der Waals surface area contributed by atoms with Gasteiger partial charge in [-0.3, -0.25) is 14.0 Å². The second-order valence-corrected chi connectivity index (χ2v) is 10.2. The van der Waals surface area contributed by atoms with Gasteiger partial charge in [0.15, 0.2) is 4.96 Å². The first-order valence-corrected chi connectivity index (χ1v) is 12.7. The van der Waals surface area contributed by atoms with E-state index in [4.69, 9.17) is 5.11 Å². The van der Waals surface area contributed by atoms with Crippen LogP contribution in [-0.4, -0.2) is 26.4 Å². The van der Waals surface area contributed by atoms with Crippen molar-refractivity contribution < 1.29 is 23.5 Å². The van der Waals surface area contributed by atoms with Crippen molar-refractivity contribution in [3.05, 3.63) is 83.3 Å². The van der Waals surface area contributed by atoms with Crippen molar-refractivity contribution in [1.29, 1.82) is 0 Å². The molecule has 0 unspecified atom stereocenters. The molecule has 2 heterocycles. The summed E-state index contributed by atoms with van der Waals surface area (Å²) in [6.45, 7) is -0.263. The standard InChI is InChI=1S/C27H25F2N3O3S/c28-21-2-1-3-22(29)20(21)13-30-26(35)23-14-32-15-24(36-27(32)31-23)19-10-8-18(9-11-19)17-6-4-16(5-7-17)12-25(33)34/h1-3,8-11,14-17H,4-7,12-13H2,(H,30,35)(H,33,34). The number of aromatic nitrogens is 2. The number of carbonyl (C=O) groups excluding carboxylic acids is 1. The monoisotopic (exact) mass is 509 g/mol. The van der Waals surface area contributed by atoms with E-state index in [0.717, 1.165) is 48.3 Å². The number of benzene rings is 2. The number of carbonyl (C=O) groups is 2. The summed E-state index contributed by atoms with van der Waals surface area (Å²) in [5.74, 6) is -1.88. The molecule has 1 saturated carbocycles. The van der Waals surface area contributed by atoms with Crippen LogP contribution in [-0.2, 0) is 11.3 Å². The van der Waals surface area contributed by atoms with Gasteiger partial charge in [0, 0.05) is 30.9 Å². The summed E-state index contributed by atoms with van der Waals surface area (Å²) < 4.78 is 29.3. The lowest BCUT2D eigenvalue weighted by Gasteiger charge is -2.28. The summed E-state index contributed by atoms with van der Waals surface area (Å²) in [4.78, 5) is 29.4. The van der Waals surface area contributed by atoms with Crippen LogP contribution in [0.15, 0.2) is 54.9 Å². The van der Waals surface area contributed by atoms with Crippen molar-refractivity contribution in [2.45, 2.75) is 44.6 Å². The normalized spacial score (nSPS) is 17.8. The third-order valence-corrected chi connectivity index (χ3v) is 7.90. The Morgan fingerprint density at radius 1 is 1.03 bits per heavy atom. The maximum absolute atomic E-state index is 13.8. The lowest BCUT2D eigenvalue weighted by atomic mass is 9.77. The molecule has 2 aromatic heterocycles. The second-order valence-electron chi connectivity index (χ2n) is 9.23. The minimum atomic E-state index is -0.712. The van der Waals surface area contributed by atoms with Crippen LogP contribution >= 0.6 is 11.3 Å². The number of hydrogen-bond acceptors (Lipinski definition) is 4. The minimum Gasteiger partial charge on any atom is -0.481 e. The number of rotatable bonds is 7. The topological polar surface area (TPSA) is 83.7 Å². The van der Waals surface area contributed by atoms with Gasteiger partial charge >= 0.3 is 5.97 Å². The molecule has 5 rings (SSSR count). The fourth-order valence-electron chi connectivity index (χ4n) is 4.87. The Balaban J connectivity index is 1.22. The summed E-state index contributed by atoms with van der Waals surface area (Å²) in [6, 6.07) is 12.0. The predicted molar refractivity (Wildman–Crippen MR) is 133 cm³/mol. The van der Waals surface area contributed by atoms with Gasteiger partial charge in [-0.2, -0.15) is 0 Å². The van der Waals surface area contributed by atoms with Gasteiger partial charge in [0.25, 0.3) is 5.91 Å². The number of aliphatic carboxylic acids is 1. The smallest absolute Gasteiger partial charge is 0.303 e. The van der Waals surface area contributed by atoms with E-state index in [0.29, 0.717) is 10.9 Å². The minimum absolute atomic E-state index is 0.179. The lowest BCUT2D eigenvalue weighted by Crippen LogP contribution is -2.24. The van der Waals surface area contributed by atoms with Crippen LogP contribution in [0.2, 0.25) is 0 Å². The molecule has 1 amide bonds. The van der Waals surface area contributed by atoms with E-state index in [9.17, 15) is 18.4 Å². The molecular formula is C27H25F2N3O3S. The number of fused-ring (bicyclic) bond motifs is 1. The summed E-state index contributed by atoms with van der Waals surface area (Å²) in [7, 11) is 0. The van der Waals surface area contributed by atoms with Crippen molar-refractivity contribution in [1.82, 2.24) is 14.7 Å². The number of carboxylic acids is 1. The average molecular weight is 510 g/mol. The molecule has 1 aliphatic carbocycles. The van der Waals surface area contributed by atoms with E-state index >= 15 is 0 Å². The highest BCUT2D eigenvalue weighted by Gasteiger charge is 2.24. The van der Waals surface area contributed by atoms with Gasteiger partial charge in [0.2, 0.25) is 0 Å². The van der Waals surface area contributed by atoms with Gasteiger partial charge in [-0.15, -0.1) is 0 Å². The predicted octanol–water partition coefficient (Wildman–Crippen LogP) is 6.02. The number of carboxylic acid groups (broad SMARTS) is 1. The Kier molecular flexibility index (Phi) is 6.82. The number of nitrogens with one attached hydrogen (secondary N) is 1. The van der Waals surface area contributed by atoms with Gasteiger partial charge < -0.3 is 10.4 Å². The van der Waals surface area contributed by atoms with Crippen LogP contribution in [0.1, 0.15) is 59.6 Å². The first-order valence-electron chi connectivity index (χ1n) is 11.9. The van der Waals surface area contributed by atoms with Crippen molar-refractivity contribution in [3.8, 4) is 10.4 Å². The average Bonchev–Trinajstić information content (AvgIpc) is 3.44. The molecule has 2 aromatic carbocycles. The lowest BCUT2D eigenvalue weighted by molar-refractivity contribution is -0.138. The number of thiazole rings is 1. The molecule has 1 fully saturated rings. The Labute approximate surface area is 210 Å². The van der Waals surface area contributed by atoms with Gasteiger partial charge in [-0.1, -0.05) is 41.7 Å². The molecule has 186 valence electrons. The van der Waals surface area contributed by atoms with E-state index in [1.807, 2.05) is 6.20 Å². The van der Waals surface area contributed by atoms with Gasteiger partial charge in [0.1, 0.15) is 17.3 Å². The van der Waals surface area contributed by atoms with E-state index < -0.39 is 23.5 Å². The van der Waals surface area contributed by atoms with Gasteiger partial charge in [0.05, 0.1) is 4.88 Å². The summed E-state index contributed by atoms with van der Waals surface area (Å²) in [5.41, 5.74) is 2.32. The fourth-order valence-corrected chi connectivity index (χ4v) is 5.84. The van der Waals surface area contributed by atoms with E-state index in [-0.39, 0.29) is 30.1 Å². The van der Waals surface area contributed by atoms with Gasteiger partial charge in [-0.05, 0) is 60.8 Å². The van der Waals surface area contributed by atoms with Gasteiger partial charge in [-0.25, -0.2) is 13.8 Å². The van der Waals surface area contributed by atoms with Crippen molar-refractivity contribution in [2.75, 3.05) is 0 Å². The molecule has 9 heteroatoms. The van der Waals surface area contributed by atoms with Crippen LogP contribution in [0.4, 0.5) is 8.78 Å². The number of hydrogen-bond donors (Lipinski definition) is 2. The first-order chi connectivity index (χ1) is 17.4. The third kappa shape index (κ3) is 5.16. The molecule has 4 aromatic rings. The molecule has 1 aliphatic rings. The largest absolute Gasteiger partial charge is 0.481 e. The van der Waals surface area contributed by atoms with Crippen molar-refractivity contribution in [3.63, 3.8) is 0 Å². The molecule has 36 heavy (non-hydrogen) atoms. The van der Waals surface area contributed by atoms with E-state index in [2.05, 4.69) is 34.6 Å². The van der Waals surface area contributed by atoms with Crippen molar-refractivity contribution in [2.24, 2.45) is 5.92 Å². The number of nitrogens with zero attached hydrogens (tertiary/aromatic N) is 2. The highest BCUT2D eigenvalue weighted by atomic mass is 32.1. The summed E-state index contributed by atoms with van der Waals surface area (Å²) in [5, 5.41) is 11.5. The highest BCUT2D eigenvalue weighted by molar-refractivity contribution is 7.20. The van der Waals surface area contributed by atoms with E-state index in [1.165, 1.54) is 23.0 Å². The fraction of sp³-hybridized carbons (Fsp3) is 0.296. The molecule has 0 bridgehead atoms. The number of halogens is 2. The van der Waals surface area contributed by atoms with E-state index in [1.54, 1.807) is 10.6 Å². The zero-order valence-electron chi connectivity index (χ0n) is 19.4. The molecule has 0 spiro atoms. The molecule has 2 N–H and O–H groups in total. The molecular weight excluding hydrogens is 484 g/mol. The molecule has 0 atom stereocenters. The van der Waals surface area contributed by atoms with Crippen LogP contribution in [0.3, 0.4) is 0 Å². The highest BCUT2D eigenvalue weighted by Crippen LogP contribution is 2.38. The Morgan fingerprint density at radius 3 is 2.36 bits per heavy atom. The van der Waals surface area contributed by atoms with Crippen molar-refractivity contribution >= 4 is 28.2 Å². The third-order valence-electron chi connectivity index (χ3n) is 6.85. The molecule has 0 aliphatic heterocycles. The number of imidazole rings is 1. The Hall–Kier alpha value is -3.59. The summed E-state index contributed by atoms with van der Waals surface area (Å²) >= 11 is 1.45. The van der Waals surface area contributed by atoms with Crippen LogP contribution in [0, 0.1) is 17.6 Å². The molecule has 6 nitrogen and oxygen atoms in total. The maximum atomic E-state index is 13.8. The zero-order valence-corrected chi connectivity index (χ0v) is 20.2. The SMILES string of the molecule is O=C(O)CC1CCC(c2ccc(-c3cn4cc(C(=O)NCc5c(F)cccc5F)nc4s3)cc2)CC1. The van der Waals surface area contributed by atoms with Crippen LogP contribution in [0.25, 0.3) is 15.4 Å². The van der Waals surface area contributed by atoms with Crippen LogP contribution in [0.5, 0.6) is 0 Å². The second kappa shape index (κ2) is 10.2. The zero-order chi connectivity index (χ0) is 25.2. The molecule has 0 radical (unpaired) electrons. The quantitative estimate of drug-likeness (QED) is 0.319.